The number of hydrogen-bond donors (Lipinski definition) is 2. The second-order valence-corrected chi connectivity index (χ2v) is 5.78. The Morgan fingerprint density at radius 2 is 2.33 bits per heavy atom. The number of thioether (sulfide) groups is 1. The smallest absolute Gasteiger partial charge is 0.307 e. The molecule has 1 heterocycles. The van der Waals surface area contributed by atoms with E-state index in [9.17, 15) is 4.79 Å². The van der Waals surface area contributed by atoms with E-state index in [-0.39, 0.29) is 5.92 Å². The van der Waals surface area contributed by atoms with Gasteiger partial charge in [0.05, 0.1) is 5.92 Å². The van der Waals surface area contributed by atoms with Crippen LogP contribution in [-0.2, 0) is 4.79 Å². The number of hydrogen-bond acceptors (Lipinski definition) is 3. The molecule has 15 heavy (non-hydrogen) atoms. The Balaban J connectivity index is 2.27. The van der Waals surface area contributed by atoms with E-state index in [1.807, 2.05) is 11.8 Å². The minimum atomic E-state index is -0.665. The summed E-state index contributed by atoms with van der Waals surface area (Å²) in [5.41, 5.74) is 0. The first kappa shape index (κ1) is 12.8. The molecule has 0 aromatic carbocycles. The zero-order chi connectivity index (χ0) is 11.3. The zero-order valence-electron chi connectivity index (χ0n) is 9.53. The van der Waals surface area contributed by atoms with Crippen molar-refractivity contribution < 1.29 is 9.90 Å². The van der Waals surface area contributed by atoms with E-state index < -0.39 is 5.97 Å². The van der Waals surface area contributed by atoms with Gasteiger partial charge in [-0.3, -0.25) is 4.79 Å². The molecule has 4 heteroatoms. The molecule has 0 aromatic heterocycles. The minimum absolute atomic E-state index is 0.226. The fourth-order valence-electron chi connectivity index (χ4n) is 1.84. The van der Waals surface area contributed by atoms with E-state index in [2.05, 4.69) is 19.2 Å². The van der Waals surface area contributed by atoms with Crippen LogP contribution in [0.5, 0.6) is 0 Å². The van der Waals surface area contributed by atoms with Gasteiger partial charge in [0.15, 0.2) is 0 Å². The number of aliphatic carboxylic acids is 1. The van der Waals surface area contributed by atoms with Crippen molar-refractivity contribution in [3.63, 3.8) is 0 Å². The van der Waals surface area contributed by atoms with Gasteiger partial charge in [-0.15, -0.1) is 0 Å². The summed E-state index contributed by atoms with van der Waals surface area (Å²) in [5.74, 6) is 1.90. The van der Waals surface area contributed by atoms with Crippen LogP contribution in [-0.4, -0.2) is 35.2 Å². The standard InChI is InChI=1S/C11H21NO2S/c1-8(2)5-9(11(13)14)6-12-10-3-4-15-7-10/h8-10,12H,3-7H2,1-2H3,(H,13,14). The third kappa shape index (κ3) is 4.89. The molecule has 2 atom stereocenters. The lowest BCUT2D eigenvalue weighted by atomic mass is 9.97. The average molecular weight is 231 g/mol. The van der Waals surface area contributed by atoms with E-state index >= 15 is 0 Å². The molecule has 1 aliphatic heterocycles. The van der Waals surface area contributed by atoms with Crippen LogP contribution in [0.4, 0.5) is 0 Å². The van der Waals surface area contributed by atoms with Gasteiger partial charge in [-0.25, -0.2) is 0 Å². The van der Waals surface area contributed by atoms with Crippen molar-refractivity contribution in [3.05, 3.63) is 0 Å². The summed E-state index contributed by atoms with van der Waals surface area (Å²) < 4.78 is 0. The zero-order valence-corrected chi connectivity index (χ0v) is 10.3. The Labute approximate surface area is 96.0 Å². The number of carboxylic acid groups (broad SMARTS) is 1. The Morgan fingerprint density at radius 3 is 2.80 bits per heavy atom. The average Bonchev–Trinajstić information content (AvgIpc) is 2.63. The predicted octanol–water partition coefficient (Wildman–Crippen LogP) is 1.83. The van der Waals surface area contributed by atoms with E-state index in [1.54, 1.807) is 0 Å². The van der Waals surface area contributed by atoms with Crippen LogP contribution in [0, 0.1) is 11.8 Å². The van der Waals surface area contributed by atoms with Crippen molar-refractivity contribution in [3.8, 4) is 0 Å². The van der Waals surface area contributed by atoms with Crippen molar-refractivity contribution in [2.24, 2.45) is 11.8 Å². The maximum Gasteiger partial charge on any atom is 0.307 e. The summed E-state index contributed by atoms with van der Waals surface area (Å²) in [6.07, 6.45) is 1.95. The van der Waals surface area contributed by atoms with Crippen molar-refractivity contribution in [2.45, 2.75) is 32.7 Å². The summed E-state index contributed by atoms with van der Waals surface area (Å²) in [5, 5.41) is 12.4. The van der Waals surface area contributed by atoms with Gasteiger partial charge in [0, 0.05) is 18.3 Å². The molecule has 0 saturated carbocycles. The van der Waals surface area contributed by atoms with Crippen LogP contribution in [0.15, 0.2) is 0 Å². The molecule has 3 nitrogen and oxygen atoms in total. The van der Waals surface area contributed by atoms with Gasteiger partial charge in [0.2, 0.25) is 0 Å². The number of carbonyl (C=O) groups is 1. The summed E-state index contributed by atoms with van der Waals surface area (Å²) in [6.45, 7) is 4.77. The molecule has 88 valence electrons. The lowest BCUT2D eigenvalue weighted by molar-refractivity contribution is -0.142. The summed E-state index contributed by atoms with van der Waals surface area (Å²) in [7, 11) is 0. The predicted molar refractivity (Wildman–Crippen MR) is 64.3 cm³/mol. The molecule has 2 N–H and O–H groups in total. The first-order valence-electron chi connectivity index (χ1n) is 5.63. The first-order chi connectivity index (χ1) is 7.09. The number of carboxylic acids is 1. The highest BCUT2D eigenvalue weighted by Crippen LogP contribution is 2.18. The largest absolute Gasteiger partial charge is 0.481 e. The van der Waals surface area contributed by atoms with E-state index in [4.69, 9.17) is 5.11 Å². The van der Waals surface area contributed by atoms with Crippen molar-refractivity contribution in [1.29, 1.82) is 0 Å². The highest BCUT2D eigenvalue weighted by molar-refractivity contribution is 7.99. The maximum absolute atomic E-state index is 11.0. The molecule has 0 spiro atoms. The summed E-state index contributed by atoms with van der Waals surface area (Å²) in [4.78, 5) is 11.0. The Kier molecular flexibility index (Phi) is 5.47. The van der Waals surface area contributed by atoms with Crippen molar-refractivity contribution in [1.82, 2.24) is 5.32 Å². The van der Waals surface area contributed by atoms with Gasteiger partial charge >= 0.3 is 5.97 Å². The quantitative estimate of drug-likeness (QED) is 0.732. The molecule has 1 rings (SSSR count). The second kappa shape index (κ2) is 6.38. The van der Waals surface area contributed by atoms with E-state index in [0.717, 1.165) is 12.2 Å². The second-order valence-electron chi connectivity index (χ2n) is 4.63. The summed E-state index contributed by atoms with van der Waals surface area (Å²) in [6, 6.07) is 0.531. The van der Waals surface area contributed by atoms with Gasteiger partial charge in [0.25, 0.3) is 0 Å². The van der Waals surface area contributed by atoms with Gasteiger partial charge in [-0.1, -0.05) is 13.8 Å². The minimum Gasteiger partial charge on any atom is -0.481 e. The molecule has 1 fully saturated rings. The molecule has 1 saturated heterocycles. The first-order valence-corrected chi connectivity index (χ1v) is 6.79. The highest BCUT2D eigenvalue weighted by Gasteiger charge is 2.21. The lowest BCUT2D eigenvalue weighted by Gasteiger charge is -2.18. The monoisotopic (exact) mass is 231 g/mol. The van der Waals surface area contributed by atoms with Crippen LogP contribution < -0.4 is 5.32 Å². The van der Waals surface area contributed by atoms with Crippen LogP contribution in [0.3, 0.4) is 0 Å². The highest BCUT2D eigenvalue weighted by atomic mass is 32.2. The Bertz CT molecular complexity index is 203. The van der Waals surface area contributed by atoms with Crippen LogP contribution in [0.2, 0.25) is 0 Å². The Hall–Kier alpha value is -0.220. The molecule has 1 aliphatic rings. The molecule has 0 aromatic rings. The molecular weight excluding hydrogens is 210 g/mol. The molecule has 2 unspecified atom stereocenters. The molecule has 0 radical (unpaired) electrons. The van der Waals surface area contributed by atoms with Crippen LogP contribution >= 0.6 is 11.8 Å². The molecule has 0 bridgehead atoms. The number of nitrogens with one attached hydrogen (secondary N) is 1. The third-order valence-corrected chi connectivity index (χ3v) is 3.85. The van der Waals surface area contributed by atoms with Crippen LogP contribution in [0.25, 0.3) is 0 Å². The SMILES string of the molecule is CC(C)CC(CNC1CCSC1)C(=O)O. The van der Waals surface area contributed by atoms with Gasteiger partial charge in [-0.2, -0.15) is 11.8 Å². The molecular formula is C11H21NO2S. The molecule has 0 amide bonds. The van der Waals surface area contributed by atoms with Crippen LogP contribution in [0.1, 0.15) is 26.7 Å². The maximum atomic E-state index is 11.0. The van der Waals surface area contributed by atoms with Gasteiger partial charge < -0.3 is 10.4 Å². The fourth-order valence-corrected chi connectivity index (χ4v) is 3.03. The Morgan fingerprint density at radius 1 is 1.60 bits per heavy atom. The third-order valence-electron chi connectivity index (χ3n) is 2.69. The number of rotatable bonds is 6. The van der Waals surface area contributed by atoms with E-state index in [0.29, 0.717) is 18.5 Å². The normalized spacial score (nSPS) is 23.3. The lowest BCUT2D eigenvalue weighted by Crippen LogP contribution is -2.36. The van der Waals surface area contributed by atoms with Gasteiger partial charge in [0.1, 0.15) is 0 Å². The topological polar surface area (TPSA) is 49.3 Å². The summed E-state index contributed by atoms with van der Waals surface area (Å²) >= 11 is 1.95. The molecule has 0 aliphatic carbocycles. The van der Waals surface area contributed by atoms with Crippen molar-refractivity contribution in [2.75, 3.05) is 18.1 Å². The van der Waals surface area contributed by atoms with Crippen molar-refractivity contribution >= 4 is 17.7 Å². The van der Waals surface area contributed by atoms with Gasteiger partial charge in [-0.05, 0) is 24.5 Å². The van der Waals surface area contributed by atoms with E-state index in [1.165, 1.54) is 12.2 Å². The fraction of sp³-hybridized carbons (Fsp3) is 0.909.